The molecule has 0 bridgehead atoms. The van der Waals surface area contributed by atoms with E-state index >= 15 is 0 Å². The van der Waals surface area contributed by atoms with Crippen LogP contribution in [-0.2, 0) is 32.0 Å². The van der Waals surface area contributed by atoms with Gasteiger partial charge in [0.15, 0.2) is 17.6 Å². The number of carboxylic acid groups (broad SMARTS) is 1. The van der Waals surface area contributed by atoms with Crippen LogP contribution in [0, 0.1) is 0 Å². The number of allylic oxidation sites excluding steroid dienone is 1. The number of benzene rings is 3. The van der Waals surface area contributed by atoms with Crippen LogP contribution in [0.5, 0.6) is 28.7 Å². The van der Waals surface area contributed by atoms with Gasteiger partial charge < -0.3 is 75.0 Å². The van der Waals surface area contributed by atoms with Gasteiger partial charge in [0.1, 0.15) is 79.7 Å². The van der Waals surface area contributed by atoms with Crippen LogP contribution in [0.4, 0.5) is 0 Å². The number of hydrogen-bond acceptors (Lipinski definition) is 17. The SMILES string of the molecule is COc1ccc2c(c1OCCO)O[C@@H]1c3c(C[NH+]4C=C5C=CN=C5C4)cc(O[C@H]4O[C@H]([C@H](OC(=O)CC(=O)[O-])C(N)N)[C@@H](O)[C@H](O)[C@H]4O)cc3O[C@@H](Cc3ccccc3)[C@@H]21. The van der Waals surface area contributed by atoms with Gasteiger partial charge in [0.25, 0.3) is 0 Å². The number of carbonyl (C=O) groups excluding carboxylic acids is 2. The maximum Gasteiger partial charge on any atom is 0.311 e. The number of methoxy groups -OCH3 is 1. The summed E-state index contributed by atoms with van der Waals surface area (Å²) >= 11 is 0. The molecule has 10 atom stereocenters. The van der Waals surface area contributed by atoms with E-state index in [1.54, 1.807) is 24.4 Å². The molecule has 1 fully saturated rings. The first-order valence-electron chi connectivity index (χ1n) is 19.5. The standard InChI is InChI=1S/C42H46N4O14/c1-54-26-8-7-24-32-27(13-20-5-3-2-4-6-20)57-28-15-23(56-42-35(53)33(51)34(52)39(60-42)40(41(43)44)58-30(50)16-29(48)49)14-22(18-46-17-21-9-10-45-25(21)19-46)31(28)38(32)59-36(24)37(26)55-12-11-47/h2-10,14-15,17,27,32-35,38-42,47,51-53H,11-13,16,18-19,43-44H2,1H3,(H,48,49)/t27-,32+,33-,34-,35+,38+,39-,40-,42-/m0/s1. The number of carbonyl (C=O) groups is 2. The Labute approximate surface area is 343 Å². The Bertz CT molecular complexity index is 2200. The number of esters is 1. The Kier molecular flexibility index (Phi) is 11.8. The lowest BCUT2D eigenvalue weighted by molar-refractivity contribution is -0.848. The number of carboxylic acids is 1. The molecule has 0 amide bonds. The number of rotatable bonds is 15. The monoisotopic (exact) mass is 830 g/mol. The summed E-state index contributed by atoms with van der Waals surface area (Å²) in [6.45, 7) is 0.774. The van der Waals surface area contributed by atoms with Crippen molar-refractivity contribution in [3.05, 3.63) is 101 Å². The molecular weight excluding hydrogens is 784 g/mol. The molecule has 3 aromatic carbocycles. The van der Waals surface area contributed by atoms with Crippen molar-refractivity contribution in [3.8, 4) is 28.7 Å². The summed E-state index contributed by atoms with van der Waals surface area (Å²) in [6.07, 6.45) is -8.15. The van der Waals surface area contributed by atoms with Crippen LogP contribution in [0.15, 0.2) is 83.6 Å². The minimum absolute atomic E-state index is 0.00515. The van der Waals surface area contributed by atoms with E-state index in [0.29, 0.717) is 42.5 Å². The van der Waals surface area contributed by atoms with Crippen molar-refractivity contribution >= 4 is 17.7 Å². The smallest absolute Gasteiger partial charge is 0.311 e. The number of nitrogens with one attached hydrogen (secondary N) is 1. The average molecular weight is 831 g/mol. The molecule has 0 aromatic heterocycles. The molecule has 0 spiro atoms. The highest BCUT2D eigenvalue weighted by Gasteiger charge is 2.52. The van der Waals surface area contributed by atoms with Crippen molar-refractivity contribution in [3.63, 3.8) is 0 Å². The van der Waals surface area contributed by atoms with E-state index in [2.05, 4.69) is 11.2 Å². The fourth-order valence-electron chi connectivity index (χ4n) is 8.48. The summed E-state index contributed by atoms with van der Waals surface area (Å²) < 4.78 is 42.9. The van der Waals surface area contributed by atoms with Gasteiger partial charge in [-0.05, 0) is 23.8 Å². The van der Waals surface area contributed by atoms with Gasteiger partial charge in [0, 0.05) is 35.4 Å². The molecule has 0 saturated carbocycles. The molecule has 8 rings (SSSR count). The molecule has 1 unspecified atom stereocenters. The Balaban J connectivity index is 1.19. The highest BCUT2D eigenvalue weighted by atomic mass is 16.7. The quantitative estimate of drug-likeness (QED) is 0.0497. The first-order chi connectivity index (χ1) is 28.9. The molecule has 18 heteroatoms. The summed E-state index contributed by atoms with van der Waals surface area (Å²) in [4.78, 5) is 28.9. The third-order valence-electron chi connectivity index (χ3n) is 11.1. The molecular formula is C42H46N4O14. The predicted molar refractivity (Wildman–Crippen MR) is 206 cm³/mol. The zero-order valence-electron chi connectivity index (χ0n) is 32.4. The number of aliphatic hydroxyl groups excluding tert-OH is 4. The van der Waals surface area contributed by atoms with Crippen LogP contribution < -0.4 is 45.2 Å². The topological polar surface area (TPSA) is 272 Å². The van der Waals surface area contributed by atoms with Crippen molar-refractivity contribution in [2.45, 2.75) is 80.5 Å². The number of nitrogens with two attached hydrogens (primary N) is 2. The van der Waals surface area contributed by atoms with E-state index in [1.165, 1.54) is 7.11 Å². The summed E-state index contributed by atoms with van der Waals surface area (Å²) in [6, 6.07) is 16.9. The van der Waals surface area contributed by atoms with Gasteiger partial charge in [0.2, 0.25) is 12.0 Å². The first-order valence-corrected chi connectivity index (χ1v) is 19.5. The molecule has 1 saturated heterocycles. The van der Waals surface area contributed by atoms with E-state index in [0.717, 1.165) is 38.4 Å². The van der Waals surface area contributed by atoms with Crippen molar-refractivity contribution in [2.75, 3.05) is 26.9 Å². The predicted octanol–water partition coefficient (Wildman–Crippen LogP) is -1.98. The van der Waals surface area contributed by atoms with Crippen LogP contribution in [0.25, 0.3) is 0 Å². The molecule has 5 heterocycles. The fourth-order valence-corrected chi connectivity index (χ4v) is 8.48. The highest BCUT2D eigenvalue weighted by Crippen LogP contribution is 2.59. The second-order valence-electron chi connectivity index (χ2n) is 15.1. The average Bonchev–Trinajstić information content (AvgIpc) is 3.93. The summed E-state index contributed by atoms with van der Waals surface area (Å²) in [5.41, 5.74) is 17.0. The molecule has 0 aliphatic carbocycles. The van der Waals surface area contributed by atoms with Crippen molar-refractivity contribution in [1.82, 2.24) is 0 Å². The van der Waals surface area contributed by atoms with Crippen LogP contribution in [0.1, 0.15) is 40.7 Å². The molecule has 318 valence electrons. The van der Waals surface area contributed by atoms with Gasteiger partial charge in [0.05, 0.1) is 43.8 Å². The van der Waals surface area contributed by atoms with Crippen molar-refractivity contribution in [2.24, 2.45) is 16.5 Å². The minimum atomic E-state index is -1.90. The molecule has 5 aliphatic heterocycles. The Morgan fingerprint density at radius 3 is 2.57 bits per heavy atom. The summed E-state index contributed by atoms with van der Waals surface area (Å²) in [7, 11) is 1.52. The molecule has 60 heavy (non-hydrogen) atoms. The lowest BCUT2D eigenvalue weighted by atomic mass is 9.80. The summed E-state index contributed by atoms with van der Waals surface area (Å²) in [5, 5.41) is 53.8. The normalized spacial score (nSPS) is 27.6. The number of aliphatic hydroxyl groups is 4. The number of aliphatic imine (C=N–C) groups is 1. The molecule has 9 N–H and O–H groups in total. The van der Waals surface area contributed by atoms with Gasteiger partial charge >= 0.3 is 5.97 Å². The number of quaternary nitrogens is 1. The molecule has 18 nitrogen and oxygen atoms in total. The Morgan fingerprint density at radius 2 is 1.85 bits per heavy atom. The van der Waals surface area contributed by atoms with Gasteiger partial charge in [-0.3, -0.25) is 14.7 Å². The third kappa shape index (κ3) is 8.03. The maximum absolute atomic E-state index is 12.3. The Morgan fingerprint density at radius 1 is 1.05 bits per heavy atom. The van der Waals surface area contributed by atoms with Crippen LogP contribution in [0.2, 0.25) is 0 Å². The lowest BCUT2D eigenvalue weighted by Crippen LogP contribution is -3.05. The maximum atomic E-state index is 12.3. The molecule has 0 radical (unpaired) electrons. The zero-order valence-corrected chi connectivity index (χ0v) is 32.4. The van der Waals surface area contributed by atoms with Crippen LogP contribution in [-0.4, -0.2) is 114 Å². The van der Waals surface area contributed by atoms with Crippen molar-refractivity contribution in [1.29, 1.82) is 0 Å². The number of hydrogen-bond donors (Lipinski definition) is 7. The van der Waals surface area contributed by atoms with Gasteiger partial charge in [-0.15, -0.1) is 0 Å². The number of fused-ring (bicyclic) bond motifs is 6. The largest absolute Gasteiger partial charge is 0.550 e. The first kappa shape index (κ1) is 41.2. The van der Waals surface area contributed by atoms with E-state index < -0.39 is 73.5 Å². The van der Waals surface area contributed by atoms with Crippen molar-refractivity contribution < 1.29 is 73.2 Å². The van der Waals surface area contributed by atoms with E-state index in [1.807, 2.05) is 42.5 Å². The van der Waals surface area contributed by atoms with Gasteiger partial charge in [-0.1, -0.05) is 36.4 Å². The number of aliphatic carboxylic acids is 1. The lowest BCUT2D eigenvalue weighted by Gasteiger charge is -2.43. The van der Waals surface area contributed by atoms with E-state index in [4.69, 9.17) is 44.6 Å². The summed E-state index contributed by atoms with van der Waals surface area (Å²) in [5.74, 6) is -1.54. The molecule has 3 aromatic rings. The number of nitrogens with zero attached hydrogens (tertiary/aromatic N) is 1. The number of ether oxygens (including phenoxy) is 7. The van der Waals surface area contributed by atoms with Crippen LogP contribution >= 0.6 is 0 Å². The van der Waals surface area contributed by atoms with E-state index in [9.17, 15) is 35.1 Å². The zero-order chi connectivity index (χ0) is 42.2. The van der Waals surface area contributed by atoms with Crippen LogP contribution in [0.3, 0.4) is 0 Å². The second-order valence-corrected chi connectivity index (χ2v) is 15.1. The van der Waals surface area contributed by atoms with Gasteiger partial charge in [-0.25, -0.2) is 0 Å². The molecule has 5 aliphatic rings. The second kappa shape index (κ2) is 17.2. The Hall–Kier alpha value is -5.57. The van der Waals surface area contributed by atoms with E-state index in [-0.39, 0.29) is 24.9 Å². The highest BCUT2D eigenvalue weighted by molar-refractivity contribution is 6.06. The van der Waals surface area contributed by atoms with Gasteiger partial charge in [-0.2, -0.15) is 0 Å². The minimum Gasteiger partial charge on any atom is -0.550 e. The third-order valence-corrected chi connectivity index (χ3v) is 11.1. The fraction of sp³-hybridized carbons (Fsp3) is 0.405.